The van der Waals surface area contributed by atoms with E-state index in [0.717, 1.165) is 18.4 Å². The van der Waals surface area contributed by atoms with Crippen LogP contribution in [0.3, 0.4) is 0 Å². The third-order valence-corrected chi connectivity index (χ3v) is 5.05. The summed E-state index contributed by atoms with van der Waals surface area (Å²) in [6, 6.07) is 9.29. The van der Waals surface area contributed by atoms with Crippen molar-refractivity contribution < 1.29 is 9.90 Å². The number of carbonyl (C=O) groups excluding carboxylic acids is 1. The van der Waals surface area contributed by atoms with Crippen molar-refractivity contribution in [2.75, 3.05) is 13.2 Å². The Hall–Kier alpha value is -1.86. The van der Waals surface area contributed by atoms with Gasteiger partial charge in [-0.3, -0.25) is 4.79 Å². The first kappa shape index (κ1) is 19.2. The molecule has 4 heteroatoms. The van der Waals surface area contributed by atoms with E-state index in [1.807, 2.05) is 19.9 Å². The molecule has 2 N–H and O–H groups in total. The third kappa shape index (κ3) is 4.56. The molecule has 1 rings (SSSR count). The average molecular weight is 316 g/mol. The molecule has 0 aliphatic carbocycles. The SMILES string of the molecule is CCC(CC)(CCO)CNC(=O)C(C)(C)c1cccc(C#N)c1. The second kappa shape index (κ2) is 8.12. The van der Waals surface area contributed by atoms with Crippen molar-refractivity contribution in [3.63, 3.8) is 0 Å². The largest absolute Gasteiger partial charge is 0.396 e. The molecule has 0 unspecified atom stereocenters. The highest BCUT2D eigenvalue weighted by Crippen LogP contribution is 2.30. The Morgan fingerprint density at radius 2 is 1.96 bits per heavy atom. The summed E-state index contributed by atoms with van der Waals surface area (Å²) in [6.45, 7) is 8.60. The Bertz CT molecular complexity index is 569. The van der Waals surface area contributed by atoms with Crippen LogP contribution in [0.25, 0.3) is 0 Å². The lowest BCUT2D eigenvalue weighted by atomic mass is 9.78. The van der Waals surface area contributed by atoms with Crippen LogP contribution in [-0.2, 0) is 10.2 Å². The van der Waals surface area contributed by atoms with Crippen LogP contribution in [0.5, 0.6) is 0 Å². The molecule has 0 atom stereocenters. The molecule has 126 valence electrons. The van der Waals surface area contributed by atoms with Gasteiger partial charge in [0.05, 0.1) is 17.0 Å². The smallest absolute Gasteiger partial charge is 0.230 e. The third-order valence-electron chi connectivity index (χ3n) is 5.05. The van der Waals surface area contributed by atoms with Crippen molar-refractivity contribution >= 4 is 5.91 Å². The van der Waals surface area contributed by atoms with Crippen LogP contribution >= 0.6 is 0 Å². The molecule has 1 amide bonds. The van der Waals surface area contributed by atoms with Gasteiger partial charge in [-0.1, -0.05) is 26.0 Å². The van der Waals surface area contributed by atoms with E-state index in [0.29, 0.717) is 18.5 Å². The van der Waals surface area contributed by atoms with Gasteiger partial charge < -0.3 is 10.4 Å². The van der Waals surface area contributed by atoms with Gasteiger partial charge in [0.25, 0.3) is 0 Å². The molecular weight excluding hydrogens is 288 g/mol. The second-order valence-corrected chi connectivity index (χ2v) is 6.68. The highest BCUT2D eigenvalue weighted by atomic mass is 16.3. The van der Waals surface area contributed by atoms with Crippen LogP contribution in [0.15, 0.2) is 24.3 Å². The quantitative estimate of drug-likeness (QED) is 0.774. The fraction of sp³-hybridized carbons (Fsp3) is 0.579. The average Bonchev–Trinajstić information content (AvgIpc) is 2.58. The van der Waals surface area contributed by atoms with Crippen molar-refractivity contribution in [2.24, 2.45) is 5.41 Å². The molecule has 0 bridgehead atoms. The Labute approximate surface area is 139 Å². The molecule has 0 saturated heterocycles. The zero-order valence-corrected chi connectivity index (χ0v) is 14.6. The Balaban J connectivity index is 2.88. The summed E-state index contributed by atoms with van der Waals surface area (Å²) >= 11 is 0. The molecule has 0 fully saturated rings. The van der Waals surface area contributed by atoms with Crippen LogP contribution in [0, 0.1) is 16.7 Å². The van der Waals surface area contributed by atoms with Gasteiger partial charge in [-0.2, -0.15) is 5.26 Å². The Kier molecular flexibility index (Phi) is 6.78. The van der Waals surface area contributed by atoms with Gasteiger partial charge >= 0.3 is 0 Å². The van der Waals surface area contributed by atoms with Gasteiger partial charge in [0.2, 0.25) is 5.91 Å². The molecule has 1 aromatic rings. The van der Waals surface area contributed by atoms with Crippen LogP contribution in [0.2, 0.25) is 0 Å². The first-order valence-electron chi connectivity index (χ1n) is 8.25. The maximum absolute atomic E-state index is 12.7. The number of rotatable bonds is 8. The number of benzene rings is 1. The molecule has 0 heterocycles. The van der Waals surface area contributed by atoms with E-state index < -0.39 is 5.41 Å². The Morgan fingerprint density at radius 1 is 1.30 bits per heavy atom. The summed E-state index contributed by atoms with van der Waals surface area (Å²) in [5, 5.41) is 21.4. The summed E-state index contributed by atoms with van der Waals surface area (Å²) in [5.41, 5.74) is 0.615. The summed E-state index contributed by atoms with van der Waals surface area (Å²) in [4.78, 5) is 12.7. The van der Waals surface area contributed by atoms with E-state index in [9.17, 15) is 9.90 Å². The number of carbonyl (C=O) groups is 1. The fourth-order valence-corrected chi connectivity index (χ4v) is 2.78. The molecule has 4 nitrogen and oxygen atoms in total. The maximum atomic E-state index is 12.7. The number of nitrogens with one attached hydrogen (secondary N) is 1. The van der Waals surface area contributed by atoms with Crippen LogP contribution in [-0.4, -0.2) is 24.2 Å². The number of nitriles is 1. The lowest BCUT2D eigenvalue weighted by Gasteiger charge is -2.33. The predicted octanol–water partition coefficient (Wildman–Crippen LogP) is 3.14. The van der Waals surface area contributed by atoms with E-state index in [1.54, 1.807) is 18.2 Å². The number of nitrogens with zero attached hydrogens (tertiary/aromatic N) is 1. The summed E-state index contributed by atoms with van der Waals surface area (Å²) in [6.07, 6.45) is 2.51. The molecule has 0 saturated carbocycles. The topological polar surface area (TPSA) is 73.1 Å². The standard InChI is InChI=1S/C19H28N2O2/c1-5-19(6-2,10-11-22)14-21-17(23)18(3,4)16-9-7-8-15(12-16)13-20/h7-9,12,22H,5-6,10-11,14H2,1-4H3,(H,21,23). The number of amides is 1. The van der Waals surface area contributed by atoms with Crippen LogP contribution in [0.1, 0.15) is 58.1 Å². The zero-order chi connectivity index (χ0) is 17.5. The zero-order valence-electron chi connectivity index (χ0n) is 14.6. The molecule has 0 aromatic heterocycles. The molecule has 0 aliphatic heterocycles. The van der Waals surface area contributed by atoms with E-state index >= 15 is 0 Å². The van der Waals surface area contributed by atoms with Crippen LogP contribution in [0.4, 0.5) is 0 Å². The fourth-order valence-electron chi connectivity index (χ4n) is 2.78. The van der Waals surface area contributed by atoms with Crippen molar-refractivity contribution in [3.8, 4) is 6.07 Å². The molecule has 0 aliphatic rings. The number of hydrogen-bond donors (Lipinski definition) is 2. The molecule has 0 radical (unpaired) electrons. The van der Waals surface area contributed by atoms with Gasteiger partial charge in [-0.05, 0) is 56.2 Å². The lowest BCUT2D eigenvalue weighted by Crippen LogP contribution is -2.45. The van der Waals surface area contributed by atoms with Crippen LogP contribution < -0.4 is 5.32 Å². The minimum absolute atomic E-state index is 0.0585. The van der Waals surface area contributed by atoms with E-state index in [2.05, 4.69) is 25.2 Å². The lowest BCUT2D eigenvalue weighted by molar-refractivity contribution is -0.126. The predicted molar refractivity (Wildman–Crippen MR) is 91.9 cm³/mol. The normalized spacial score (nSPS) is 11.8. The van der Waals surface area contributed by atoms with Gasteiger partial charge in [0, 0.05) is 13.2 Å². The van der Waals surface area contributed by atoms with Gasteiger partial charge in [0.15, 0.2) is 0 Å². The highest BCUT2D eigenvalue weighted by Gasteiger charge is 2.33. The highest BCUT2D eigenvalue weighted by molar-refractivity contribution is 5.87. The summed E-state index contributed by atoms with van der Waals surface area (Å²) < 4.78 is 0. The van der Waals surface area contributed by atoms with Gasteiger partial charge in [-0.25, -0.2) is 0 Å². The van der Waals surface area contributed by atoms with Gasteiger partial charge in [-0.15, -0.1) is 0 Å². The van der Waals surface area contributed by atoms with Crippen molar-refractivity contribution in [3.05, 3.63) is 35.4 Å². The maximum Gasteiger partial charge on any atom is 0.230 e. The minimum atomic E-state index is -0.709. The first-order chi connectivity index (χ1) is 10.8. The second-order valence-electron chi connectivity index (χ2n) is 6.68. The number of aliphatic hydroxyl groups is 1. The van der Waals surface area contributed by atoms with Crippen molar-refractivity contribution in [1.29, 1.82) is 5.26 Å². The minimum Gasteiger partial charge on any atom is -0.396 e. The van der Waals surface area contributed by atoms with Crippen molar-refractivity contribution in [2.45, 2.75) is 52.4 Å². The van der Waals surface area contributed by atoms with E-state index in [1.165, 1.54) is 0 Å². The van der Waals surface area contributed by atoms with Gasteiger partial charge in [0.1, 0.15) is 0 Å². The van der Waals surface area contributed by atoms with E-state index in [-0.39, 0.29) is 17.9 Å². The number of hydrogen-bond acceptors (Lipinski definition) is 3. The number of aliphatic hydroxyl groups excluding tert-OH is 1. The van der Waals surface area contributed by atoms with E-state index in [4.69, 9.17) is 5.26 Å². The molecule has 0 spiro atoms. The first-order valence-corrected chi connectivity index (χ1v) is 8.25. The summed E-state index contributed by atoms with van der Waals surface area (Å²) in [7, 11) is 0. The monoisotopic (exact) mass is 316 g/mol. The van der Waals surface area contributed by atoms with Crippen molar-refractivity contribution in [1.82, 2.24) is 5.32 Å². The molecular formula is C19H28N2O2. The summed E-state index contributed by atoms with van der Waals surface area (Å²) in [5.74, 6) is -0.0585. The molecule has 23 heavy (non-hydrogen) atoms. The Morgan fingerprint density at radius 3 is 2.48 bits per heavy atom. The molecule has 1 aromatic carbocycles.